The van der Waals surface area contributed by atoms with E-state index in [1.165, 1.54) is 0 Å². The summed E-state index contributed by atoms with van der Waals surface area (Å²) in [5.41, 5.74) is 0.731. The number of hydrogen-bond donors (Lipinski definition) is 0. The summed E-state index contributed by atoms with van der Waals surface area (Å²) in [4.78, 5) is 40.9. The second-order valence-electron chi connectivity index (χ2n) is 8.49. The van der Waals surface area contributed by atoms with E-state index in [0.717, 1.165) is 41.5 Å². The van der Waals surface area contributed by atoms with Crippen molar-refractivity contribution in [2.24, 2.45) is 5.92 Å². The molecule has 2 aromatic carbocycles. The first-order valence-corrected chi connectivity index (χ1v) is 11.3. The Balaban J connectivity index is 1.21. The number of fused-ring (bicyclic) bond motifs is 1. The third-order valence-corrected chi connectivity index (χ3v) is 6.54. The number of piperidine rings is 1. The lowest BCUT2D eigenvalue weighted by Crippen LogP contribution is -2.53. The lowest BCUT2D eigenvalue weighted by Gasteiger charge is -2.39. The summed E-state index contributed by atoms with van der Waals surface area (Å²) in [5, 5.41) is 2.04. The van der Waals surface area contributed by atoms with Crippen LogP contribution in [0.2, 0.25) is 0 Å². The van der Waals surface area contributed by atoms with Gasteiger partial charge in [-0.1, -0.05) is 36.4 Å². The Bertz CT molecular complexity index is 1110. The number of nitrogens with zero attached hydrogens (tertiary/aromatic N) is 5. The molecule has 3 aromatic rings. The third-order valence-electron chi connectivity index (χ3n) is 6.54. The zero-order valence-electron chi connectivity index (χ0n) is 18.1. The SMILES string of the molecule is O=C(c1cccc2ccccc12)N1CCN(C(=O)C2CCCN(c3cnccn3)C2)CC1. The van der Waals surface area contributed by atoms with Crippen molar-refractivity contribution in [3.63, 3.8) is 0 Å². The minimum Gasteiger partial charge on any atom is -0.355 e. The highest BCUT2D eigenvalue weighted by atomic mass is 16.2. The molecule has 32 heavy (non-hydrogen) atoms. The van der Waals surface area contributed by atoms with E-state index in [0.29, 0.717) is 32.7 Å². The van der Waals surface area contributed by atoms with Crippen LogP contribution < -0.4 is 4.90 Å². The van der Waals surface area contributed by atoms with Crippen LogP contribution >= 0.6 is 0 Å². The van der Waals surface area contributed by atoms with Gasteiger partial charge in [-0.2, -0.15) is 0 Å². The van der Waals surface area contributed by atoms with Crippen LogP contribution in [0.5, 0.6) is 0 Å². The molecular weight excluding hydrogens is 402 g/mol. The second-order valence-corrected chi connectivity index (χ2v) is 8.49. The number of amides is 2. The molecule has 0 radical (unpaired) electrons. The minimum atomic E-state index is -0.0360. The predicted molar refractivity (Wildman–Crippen MR) is 123 cm³/mol. The lowest BCUT2D eigenvalue weighted by atomic mass is 9.96. The molecule has 7 nitrogen and oxygen atoms in total. The van der Waals surface area contributed by atoms with Crippen molar-refractivity contribution in [3.05, 3.63) is 66.6 Å². The van der Waals surface area contributed by atoms with Gasteiger partial charge in [0.1, 0.15) is 5.82 Å². The monoisotopic (exact) mass is 429 g/mol. The van der Waals surface area contributed by atoms with Gasteiger partial charge in [-0.15, -0.1) is 0 Å². The predicted octanol–water partition coefficient (Wildman–Crippen LogP) is 2.83. The van der Waals surface area contributed by atoms with Gasteiger partial charge in [0.15, 0.2) is 0 Å². The average molecular weight is 430 g/mol. The van der Waals surface area contributed by atoms with Gasteiger partial charge >= 0.3 is 0 Å². The number of benzene rings is 2. The van der Waals surface area contributed by atoms with Crippen LogP contribution in [0.15, 0.2) is 61.1 Å². The summed E-state index contributed by atoms with van der Waals surface area (Å²) in [6.07, 6.45) is 6.96. The Morgan fingerprint density at radius 2 is 1.66 bits per heavy atom. The van der Waals surface area contributed by atoms with Gasteiger partial charge in [-0.25, -0.2) is 4.98 Å². The summed E-state index contributed by atoms with van der Waals surface area (Å²) < 4.78 is 0. The highest BCUT2D eigenvalue weighted by molar-refractivity contribution is 6.07. The molecule has 0 N–H and O–H groups in total. The number of aromatic nitrogens is 2. The Morgan fingerprint density at radius 1 is 0.875 bits per heavy atom. The Labute approximate surface area is 187 Å². The van der Waals surface area contributed by atoms with Crippen molar-refractivity contribution < 1.29 is 9.59 Å². The van der Waals surface area contributed by atoms with E-state index in [4.69, 9.17) is 0 Å². The van der Waals surface area contributed by atoms with Crippen LogP contribution in [0.4, 0.5) is 5.82 Å². The summed E-state index contributed by atoms with van der Waals surface area (Å²) in [7, 11) is 0. The van der Waals surface area contributed by atoms with Gasteiger partial charge in [-0.3, -0.25) is 14.6 Å². The van der Waals surface area contributed by atoms with Crippen LogP contribution in [0.25, 0.3) is 10.8 Å². The molecule has 0 bridgehead atoms. The molecule has 2 saturated heterocycles. The summed E-state index contributed by atoms with van der Waals surface area (Å²) in [6, 6.07) is 13.8. The van der Waals surface area contributed by atoms with Gasteiger partial charge in [-0.05, 0) is 29.7 Å². The van der Waals surface area contributed by atoms with Crippen LogP contribution in [-0.2, 0) is 4.79 Å². The second kappa shape index (κ2) is 8.94. The maximum Gasteiger partial charge on any atom is 0.254 e. The molecule has 1 unspecified atom stereocenters. The fourth-order valence-electron chi connectivity index (χ4n) is 4.81. The van der Waals surface area contributed by atoms with Crippen molar-refractivity contribution in [1.82, 2.24) is 19.8 Å². The van der Waals surface area contributed by atoms with Crippen LogP contribution in [0.3, 0.4) is 0 Å². The van der Waals surface area contributed by atoms with E-state index in [9.17, 15) is 9.59 Å². The van der Waals surface area contributed by atoms with Crippen molar-refractivity contribution >= 4 is 28.4 Å². The first-order valence-electron chi connectivity index (χ1n) is 11.3. The number of piperazine rings is 1. The summed E-state index contributed by atoms with van der Waals surface area (Å²) in [5.74, 6) is 1.03. The summed E-state index contributed by atoms with van der Waals surface area (Å²) >= 11 is 0. The van der Waals surface area contributed by atoms with E-state index >= 15 is 0 Å². The molecule has 3 heterocycles. The molecule has 5 rings (SSSR count). The highest BCUT2D eigenvalue weighted by Crippen LogP contribution is 2.24. The summed E-state index contributed by atoms with van der Waals surface area (Å²) in [6.45, 7) is 3.86. The first kappa shape index (κ1) is 20.4. The van der Waals surface area contributed by atoms with Crippen molar-refractivity contribution in [2.75, 3.05) is 44.2 Å². The third kappa shape index (κ3) is 4.02. The Kier molecular flexibility index (Phi) is 5.71. The molecule has 2 fully saturated rings. The quantitative estimate of drug-likeness (QED) is 0.640. The van der Waals surface area contributed by atoms with E-state index in [1.54, 1.807) is 18.6 Å². The Morgan fingerprint density at radius 3 is 2.47 bits per heavy atom. The van der Waals surface area contributed by atoms with E-state index in [-0.39, 0.29) is 17.7 Å². The topological polar surface area (TPSA) is 69.6 Å². The normalized spacial score (nSPS) is 19.2. The number of anilines is 1. The molecule has 0 aliphatic carbocycles. The molecule has 164 valence electrons. The molecule has 2 amide bonds. The van der Waals surface area contributed by atoms with Crippen LogP contribution in [0.1, 0.15) is 23.2 Å². The molecule has 0 saturated carbocycles. The zero-order valence-corrected chi connectivity index (χ0v) is 18.1. The van der Waals surface area contributed by atoms with Gasteiger partial charge < -0.3 is 14.7 Å². The molecule has 2 aliphatic heterocycles. The molecule has 0 spiro atoms. The fraction of sp³-hybridized carbons (Fsp3) is 0.360. The van der Waals surface area contributed by atoms with Crippen molar-refractivity contribution in [1.29, 1.82) is 0 Å². The molecule has 7 heteroatoms. The standard InChI is InChI=1S/C25H27N5O2/c31-24(20-7-4-12-30(18-20)23-17-26-10-11-27-23)28-13-15-29(16-14-28)25(32)22-9-3-6-19-5-1-2-8-21(19)22/h1-3,5-6,8-11,17,20H,4,7,12-16,18H2. The van der Waals surface area contributed by atoms with E-state index in [1.807, 2.05) is 52.3 Å². The van der Waals surface area contributed by atoms with Gasteiger partial charge in [0.05, 0.1) is 12.1 Å². The molecule has 1 aromatic heterocycles. The number of carbonyl (C=O) groups excluding carboxylic acids is 2. The molecule has 2 aliphatic rings. The molecule has 1 atom stereocenters. The molecular formula is C25H27N5O2. The number of hydrogen-bond acceptors (Lipinski definition) is 5. The smallest absolute Gasteiger partial charge is 0.254 e. The van der Waals surface area contributed by atoms with E-state index < -0.39 is 0 Å². The minimum absolute atomic E-state index is 0.0360. The van der Waals surface area contributed by atoms with Gasteiger partial charge in [0.25, 0.3) is 5.91 Å². The largest absolute Gasteiger partial charge is 0.355 e. The Hall–Kier alpha value is -3.48. The lowest BCUT2D eigenvalue weighted by molar-refractivity contribution is -0.137. The highest BCUT2D eigenvalue weighted by Gasteiger charge is 2.32. The van der Waals surface area contributed by atoms with Gasteiger partial charge in [0.2, 0.25) is 5.91 Å². The fourth-order valence-corrected chi connectivity index (χ4v) is 4.81. The van der Waals surface area contributed by atoms with Gasteiger partial charge in [0, 0.05) is 57.2 Å². The van der Waals surface area contributed by atoms with Crippen LogP contribution in [0, 0.1) is 5.92 Å². The van der Waals surface area contributed by atoms with Crippen molar-refractivity contribution in [2.45, 2.75) is 12.8 Å². The van der Waals surface area contributed by atoms with Crippen molar-refractivity contribution in [3.8, 4) is 0 Å². The van der Waals surface area contributed by atoms with E-state index in [2.05, 4.69) is 14.9 Å². The maximum atomic E-state index is 13.2. The first-order chi connectivity index (χ1) is 15.7. The number of rotatable bonds is 3. The average Bonchev–Trinajstić information content (AvgIpc) is 2.88. The maximum absolute atomic E-state index is 13.2. The van der Waals surface area contributed by atoms with Crippen LogP contribution in [-0.4, -0.2) is 70.9 Å². The number of carbonyl (C=O) groups is 2. The zero-order chi connectivity index (χ0) is 21.9.